The van der Waals surface area contributed by atoms with Gasteiger partial charge in [-0.15, -0.1) is 0 Å². The molecule has 1 aromatic carbocycles. The van der Waals surface area contributed by atoms with Gasteiger partial charge in [-0.3, -0.25) is 0 Å². The lowest BCUT2D eigenvalue weighted by Crippen LogP contribution is -2.50. The summed E-state index contributed by atoms with van der Waals surface area (Å²) in [5.74, 6) is 0. The van der Waals surface area contributed by atoms with E-state index in [-0.39, 0.29) is 12.1 Å². The van der Waals surface area contributed by atoms with E-state index in [2.05, 4.69) is 16.3 Å². The summed E-state index contributed by atoms with van der Waals surface area (Å²) in [4.78, 5) is 16.9. The van der Waals surface area contributed by atoms with Crippen molar-refractivity contribution in [2.75, 3.05) is 38.7 Å². The number of hydrogen-bond donors (Lipinski definition) is 1. The van der Waals surface area contributed by atoms with E-state index in [1.54, 1.807) is 29.2 Å². The number of carbonyl (C=O) groups is 1. The number of benzene rings is 1. The Morgan fingerprint density at radius 1 is 1.28 bits per heavy atom. The minimum absolute atomic E-state index is 0.111. The Balaban J connectivity index is 1.50. The summed E-state index contributed by atoms with van der Waals surface area (Å²) in [5, 5.41) is 11.8. The van der Waals surface area contributed by atoms with Gasteiger partial charge in [-0.1, -0.05) is 6.07 Å². The molecular weight excluding hydrogens is 316 g/mol. The first kappa shape index (κ1) is 17.7. The molecule has 1 N–H and O–H groups in total. The highest BCUT2D eigenvalue weighted by molar-refractivity contribution is 5.89. The van der Waals surface area contributed by atoms with Gasteiger partial charge in [0, 0.05) is 51.1 Å². The van der Waals surface area contributed by atoms with Crippen LogP contribution in [0.3, 0.4) is 0 Å². The van der Waals surface area contributed by atoms with E-state index < -0.39 is 0 Å². The Morgan fingerprint density at radius 2 is 2.00 bits per heavy atom. The van der Waals surface area contributed by atoms with Crippen molar-refractivity contribution in [2.24, 2.45) is 0 Å². The number of hydrogen-bond acceptors (Lipinski definition) is 4. The predicted octanol–water partition coefficient (Wildman–Crippen LogP) is 2.67. The molecule has 25 heavy (non-hydrogen) atoms. The molecule has 2 fully saturated rings. The first-order valence-corrected chi connectivity index (χ1v) is 9.03. The fraction of sp³-hybridized carbons (Fsp3) is 0.579. The first-order chi connectivity index (χ1) is 12.2. The summed E-state index contributed by atoms with van der Waals surface area (Å²) >= 11 is 0. The number of carbonyl (C=O) groups excluding carboxylic acids is 1. The molecule has 2 aliphatic rings. The lowest BCUT2D eigenvalue weighted by Gasteiger charge is -2.41. The Morgan fingerprint density at radius 3 is 2.68 bits per heavy atom. The maximum Gasteiger partial charge on any atom is 0.321 e. The van der Waals surface area contributed by atoms with Crippen LogP contribution >= 0.6 is 0 Å². The molecule has 1 aromatic rings. The van der Waals surface area contributed by atoms with Crippen molar-refractivity contribution < 1.29 is 9.53 Å². The van der Waals surface area contributed by atoms with Gasteiger partial charge in [0.2, 0.25) is 0 Å². The molecule has 2 amide bonds. The van der Waals surface area contributed by atoms with Crippen LogP contribution in [0.15, 0.2) is 24.3 Å². The molecule has 6 nitrogen and oxygen atoms in total. The van der Waals surface area contributed by atoms with Crippen LogP contribution in [0.4, 0.5) is 10.5 Å². The van der Waals surface area contributed by atoms with Crippen LogP contribution in [-0.4, -0.2) is 61.3 Å². The number of piperidine rings is 1. The fourth-order valence-electron chi connectivity index (χ4n) is 3.73. The third-order valence-electron chi connectivity index (χ3n) is 5.32. The SMILES string of the molecule is CN(C(=O)Nc1cccc(C#N)c1)C1CCN(C2CCOCC2)CC1. The van der Waals surface area contributed by atoms with E-state index >= 15 is 0 Å². The standard InChI is InChI=1S/C19H26N4O2/c1-22(19(24)21-16-4-2-3-15(13-16)14-20)17-5-9-23(10-6-17)18-7-11-25-12-8-18/h2-4,13,17-18H,5-12H2,1H3,(H,21,24). The van der Waals surface area contributed by atoms with Gasteiger partial charge >= 0.3 is 6.03 Å². The van der Waals surface area contributed by atoms with Crippen LogP contribution in [0, 0.1) is 11.3 Å². The number of rotatable bonds is 3. The third-order valence-corrected chi connectivity index (χ3v) is 5.32. The predicted molar refractivity (Wildman–Crippen MR) is 96.4 cm³/mol. The molecule has 0 aliphatic carbocycles. The molecular formula is C19H26N4O2. The fourth-order valence-corrected chi connectivity index (χ4v) is 3.73. The van der Waals surface area contributed by atoms with Crippen molar-refractivity contribution >= 4 is 11.7 Å². The first-order valence-electron chi connectivity index (χ1n) is 9.03. The lowest BCUT2D eigenvalue weighted by molar-refractivity contribution is 0.0190. The highest BCUT2D eigenvalue weighted by Gasteiger charge is 2.29. The zero-order valence-electron chi connectivity index (χ0n) is 14.8. The maximum atomic E-state index is 12.5. The minimum atomic E-state index is -0.111. The van der Waals surface area contributed by atoms with Gasteiger partial charge < -0.3 is 19.9 Å². The summed E-state index contributed by atoms with van der Waals surface area (Å²) in [6.45, 7) is 3.82. The normalized spacial score (nSPS) is 20.0. The van der Waals surface area contributed by atoms with E-state index in [9.17, 15) is 4.79 Å². The Kier molecular flexibility index (Phi) is 5.90. The molecule has 2 heterocycles. The second-order valence-corrected chi connectivity index (χ2v) is 6.84. The number of likely N-dealkylation sites (tertiary alicyclic amines) is 1. The average molecular weight is 342 g/mol. The molecule has 134 valence electrons. The van der Waals surface area contributed by atoms with Gasteiger partial charge in [0.15, 0.2) is 0 Å². The smallest absolute Gasteiger partial charge is 0.321 e. The van der Waals surface area contributed by atoms with Crippen molar-refractivity contribution in [3.63, 3.8) is 0 Å². The van der Waals surface area contributed by atoms with E-state index in [0.717, 1.165) is 52.0 Å². The average Bonchev–Trinajstić information content (AvgIpc) is 2.68. The summed E-state index contributed by atoms with van der Waals surface area (Å²) in [6.07, 6.45) is 4.24. The number of nitrogens with zero attached hydrogens (tertiary/aromatic N) is 3. The highest BCUT2D eigenvalue weighted by atomic mass is 16.5. The molecule has 0 atom stereocenters. The largest absolute Gasteiger partial charge is 0.381 e. The monoisotopic (exact) mass is 342 g/mol. The molecule has 0 spiro atoms. The molecule has 0 radical (unpaired) electrons. The zero-order valence-corrected chi connectivity index (χ0v) is 14.8. The molecule has 2 saturated heterocycles. The maximum absolute atomic E-state index is 12.5. The Hall–Kier alpha value is -2.10. The number of urea groups is 1. The van der Waals surface area contributed by atoms with E-state index in [1.165, 1.54) is 0 Å². The third kappa shape index (κ3) is 4.50. The van der Waals surface area contributed by atoms with Crippen molar-refractivity contribution in [3.8, 4) is 6.07 Å². The number of nitrogens with one attached hydrogen (secondary N) is 1. The minimum Gasteiger partial charge on any atom is -0.381 e. The van der Waals surface area contributed by atoms with Gasteiger partial charge in [0.05, 0.1) is 11.6 Å². The van der Waals surface area contributed by atoms with Crippen molar-refractivity contribution in [1.82, 2.24) is 9.80 Å². The van der Waals surface area contributed by atoms with Crippen molar-refractivity contribution in [3.05, 3.63) is 29.8 Å². The van der Waals surface area contributed by atoms with Crippen molar-refractivity contribution in [2.45, 2.75) is 37.8 Å². The summed E-state index contributed by atoms with van der Waals surface area (Å²) in [7, 11) is 1.86. The Labute approximate surface area is 149 Å². The van der Waals surface area contributed by atoms with Crippen LogP contribution in [-0.2, 0) is 4.74 Å². The second-order valence-electron chi connectivity index (χ2n) is 6.84. The molecule has 0 unspecified atom stereocenters. The highest BCUT2D eigenvalue weighted by Crippen LogP contribution is 2.22. The van der Waals surface area contributed by atoms with E-state index in [4.69, 9.17) is 10.00 Å². The summed E-state index contributed by atoms with van der Waals surface area (Å²) in [6, 6.07) is 9.88. The Bertz CT molecular complexity index is 629. The van der Waals surface area contributed by atoms with E-state index in [0.29, 0.717) is 17.3 Å². The molecule has 6 heteroatoms. The zero-order chi connectivity index (χ0) is 17.6. The van der Waals surface area contributed by atoms with Crippen molar-refractivity contribution in [1.29, 1.82) is 5.26 Å². The van der Waals surface area contributed by atoms with Gasteiger partial charge in [-0.2, -0.15) is 5.26 Å². The van der Waals surface area contributed by atoms with Crippen LogP contribution < -0.4 is 5.32 Å². The topological polar surface area (TPSA) is 68.6 Å². The number of anilines is 1. The number of ether oxygens (including phenoxy) is 1. The van der Waals surface area contributed by atoms with Gasteiger partial charge in [-0.25, -0.2) is 4.79 Å². The van der Waals surface area contributed by atoms with Gasteiger partial charge in [0.1, 0.15) is 0 Å². The molecule has 2 aliphatic heterocycles. The number of nitriles is 1. The number of amides is 2. The van der Waals surface area contributed by atoms with Gasteiger partial charge in [-0.05, 0) is 43.9 Å². The molecule has 3 rings (SSSR count). The van der Waals surface area contributed by atoms with Gasteiger partial charge in [0.25, 0.3) is 0 Å². The quantitative estimate of drug-likeness (QED) is 0.917. The van der Waals surface area contributed by atoms with Crippen LogP contribution in [0.1, 0.15) is 31.2 Å². The molecule has 0 saturated carbocycles. The molecule has 0 bridgehead atoms. The second kappa shape index (κ2) is 8.32. The van der Waals surface area contributed by atoms with Crippen LogP contribution in [0.25, 0.3) is 0 Å². The summed E-state index contributed by atoms with van der Waals surface area (Å²) < 4.78 is 5.45. The molecule has 0 aromatic heterocycles. The van der Waals surface area contributed by atoms with E-state index in [1.807, 2.05) is 7.05 Å². The lowest BCUT2D eigenvalue weighted by atomic mass is 9.99. The van der Waals surface area contributed by atoms with Crippen LogP contribution in [0.5, 0.6) is 0 Å². The van der Waals surface area contributed by atoms with Crippen LogP contribution in [0.2, 0.25) is 0 Å². The summed E-state index contributed by atoms with van der Waals surface area (Å²) in [5.41, 5.74) is 1.21.